The monoisotopic (exact) mass is 416 g/mol. The van der Waals surface area contributed by atoms with E-state index in [1.807, 2.05) is 19.1 Å². The molecule has 6 nitrogen and oxygen atoms in total. The lowest BCUT2D eigenvalue weighted by Crippen LogP contribution is -2.53. The van der Waals surface area contributed by atoms with Crippen molar-refractivity contribution in [2.75, 3.05) is 0 Å². The molecule has 0 saturated heterocycles. The summed E-state index contributed by atoms with van der Waals surface area (Å²) in [5, 5.41) is 17.2. The van der Waals surface area contributed by atoms with Gasteiger partial charge >= 0.3 is 0 Å². The number of carbonyl (C=O) groups is 2. The first-order valence-electron chi connectivity index (χ1n) is 11.4. The van der Waals surface area contributed by atoms with Crippen LogP contribution in [0.4, 0.5) is 0 Å². The summed E-state index contributed by atoms with van der Waals surface area (Å²) in [5.41, 5.74) is -0.808. The Hall–Kier alpha value is -1.82. The number of fused-ring (bicyclic) bond motifs is 1. The Morgan fingerprint density at radius 3 is 2.63 bits per heavy atom. The van der Waals surface area contributed by atoms with E-state index in [-0.39, 0.29) is 40.5 Å². The van der Waals surface area contributed by atoms with Gasteiger partial charge in [0.2, 0.25) is 11.8 Å². The van der Waals surface area contributed by atoms with Crippen molar-refractivity contribution in [3.63, 3.8) is 0 Å². The second-order valence-corrected chi connectivity index (χ2v) is 10.9. The van der Waals surface area contributed by atoms with Crippen molar-refractivity contribution in [2.24, 2.45) is 22.7 Å². The second-order valence-electron chi connectivity index (χ2n) is 10.9. The third kappa shape index (κ3) is 4.29. The molecule has 3 aliphatic carbocycles. The molecular weight excluding hydrogens is 380 g/mol. The van der Waals surface area contributed by atoms with Gasteiger partial charge in [-0.1, -0.05) is 13.8 Å². The van der Waals surface area contributed by atoms with E-state index in [0.29, 0.717) is 19.4 Å². The lowest BCUT2D eigenvalue weighted by Gasteiger charge is -2.50. The Bertz CT molecular complexity index is 781. The molecule has 166 valence electrons. The summed E-state index contributed by atoms with van der Waals surface area (Å²) in [6.45, 7) is 6.84. The molecule has 30 heavy (non-hydrogen) atoms. The minimum absolute atomic E-state index is 0.00818. The first-order chi connectivity index (χ1) is 14.1. The maximum Gasteiger partial charge on any atom is 0.223 e. The van der Waals surface area contributed by atoms with Crippen molar-refractivity contribution in [1.29, 1.82) is 0 Å². The van der Waals surface area contributed by atoms with Crippen LogP contribution in [0.5, 0.6) is 0 Å². The maximum absolute atomic E-state index is 12.6. The lowest BCUT2D eigenvalue weighted by atomic mass is 9.57. The van der Waals surface area contributed by atoms with Gasteiger partial charge in [0.25, 0.3) is 0 Å². The molecule has 4 atom stereocenters. The smallest absolute Gasteiger partial charge is 0.223 e. The zero-order valence-electron chi connectivity index (χ0n) is 18.5. The highest BCUT2D eigenvalue weighted by Crippen LogP contribution is 2.64. The molecule has 3 N–H and O–H groups in total. The van der Waals surface area contributed by atoms with Crippen LogP contribution in [-0.2, 0) is 16.1 Å². The van der Waals surface area contributed by atoms with Gasteiger partial charge in [-0.25, -0.2) is 0 Å². The average molecular weight is 417 g/mol. The van der Waals surface area contributed by atoms with Gasteiger partial charge in [0.05, 0.1) is 18.4 Å². The summed E-state index contributed by atoms with van der Waals surface area (Å²) in [4.78, 5) is 25.3. The molecular formula is C24H36N2O4. The average Bonchev–Trinajstić information content (AvgIpc) is 3.36. The highest BCUT2D eigenvalue weighted by Gasteiger charge is 2.61. The second kappa shape index (κ2) is 7.70. The van der Waals surface area contributed by atoms with Gasteiger partial charge in [-0.15, -0.1) is 0 Å². The number of nitrogens with one attached hydrogen (secondary N) is 2. The van der Waals surface area contributed by atoms with E-state index in [1.165, 1.54) is 0 Å². The number of hydrogen-bond donors (Lipinski definition) is 3. The maximum atomic E-state index is 12.6. The van der Waals surface area contributed by atoms with E-state index in [9.17, 15) is 14.7 Å². The van der Waals surface area contributed by atoms with Gasteiger partial charge in [-0.2, -0.15) is 0 Å². The molecule has 1 heterocycles. The zero-order chi connectivity index (χ0) is 21.6. The molecule has 0 aromatic carbocycles. The van der Waals surface area contributed by atoms with Crippen LogP contribution < -0.4 is 10.6 Å². The highest BCUT2D eigenvalue weighted by atomic mass is 16.3. The Labute approximate surface area is 179 Å². The van der Waals surface area contributed by atoms with E-state index in [4.69, 9.17) is 4.42 Å². The molecule has 4 rings (SSSR count). The Kier molecular flexibility index (Phi) is 5.50. The predicted molar refractivity (Wildman–Crippen MR) is 113 cm³/mol. The topological polar surface area (TPSA) is 91.6 Å². The third-order valence-corrected chi connectivity index (χ3v) is 7.96. The zero-order valence-corrected chi connectivity index (χ0v) is 18.5. The van der Waals surface area contributed by atoms with Crippen molar-refractivity contribution < 1.29 is 19.1 Å². The van der Waals surface area contributed by atoms with Gasteiger partial charge in [-0.05, 0) is 80.8 Å². The minimum Gasteiger partial charge on any atom is -0.467 e. The summed E-state index contributed by atoms with van der Waals surface area (Å²) in [6, 6.07) is 3.73. The molecule has 0 spiro atoms. The molecule has 3 saturated carbocycles. The first kappa shape index (κ1) is 21.4. The fourth-order valence-corrected chi connectivity index (χ4v) is 6.10. The lowest BCUT2D eigenvalue weighted by molar-refractivity contribution is -0.126. The van der Waals surface area contributed by atoms with Crippen LogP contribution in [0.3, 0.4) is 0 Å². The molecule has 3 fully saturated rings. The molecule has 0 radical (unpaired) electrons. The van der Waals surface area contributed by atoms with Crippen molar-refractivity contribution in [2.45, 2.75) is 90.3 Å². The summed E-state index contributed by atoms with van der Waals surface area (Å²) < 4.78 is 5.30. The van der Waals surface area contributed by atoms with E-state index in [1.54, 1.807) is 6.26 Å². The quantitative estimate of drug-likeness (QED) is 0.634. The van der Waals surface area contributed by atoms with Gasteiger partial charge < -0.3 is 20.2 Å². The normalized spacial score (nSPS) is 34.9. The fraction of sp³-hybridized carbons (Fsp3) is 0.750. The molecule has 0 bridgehead atoms. The van der Waals surface area contributed by atoms with E-state index in [0.717, 1.165) is 44.3 Å². The first-order valence-corrected chi connectivity index (χ1v) is 11.4. The number of amides is 2. The van der Waals surface area contributed by atoms with Crippen molar-refractivity contribution in [1.82, 2.24) is 10.6 Å². The summed E-state index contributed by atoms with van der Waals surface area (Å²) in [5.74, 6) is 1.37. The Morgan fingerprint density at radius 2 is 1.97 bits per heavy atom. The molecule has 1 aromatic heterocycles. The molecule has 2 amide bonds. The molecule has 0 aliphatic heterocycles. The van der Waals surface area contributed by atoms with Crippen molar-refractivity contribution >= 4 is 11.8 Å². The van der Waals surface area contributed by atoms with Gasteiger partial charge in [0, 0.05) is 18.4 Å². The third-order valence-electron chi connectivity index (χ3n) is 7.96. The van der Waals surface area contributed by atoms with Crippen molar-refractivity contribution in [3.05, 3.63) is 24.2 Å². The van der Waals surface area contributed by atoms with E-state index < -0.39 is 5.60 Å². The van der Waals surface area contributed by atoms with Crippen LogP contribution in [0.25, 0.3) is 0 Å². The summed E-state index contributed by atoms with van der Waals surface area (Å²) in [7, 11) is 0. The van der Waals surface area contributed by atoms with Crippen LogP contribution in [0, 0.1) is 22.7 Å². The Morgan fingerprint density at radius 1 is 1.20 bits per heavy atom. The number of aliphatic hydroxyl groups is 1. The SMILES string of the molecule is CC1(C)C[C@H](NC(=O)C2CC2)[C@]2(CCC(=O)NCc3ccco3)CC[C@@](C)(O)C[C@@H]12. The van der Waals surface area contributed by atoms with Crippen LogP contribution in [-0.4, -0.2) is 28.6 Å². The molecule has 6 heteroatoms. The summed E-state index contributed by atoms with van der Waals surface area (Å²) >= 11 is 0. The van der Waals surface area contributed by atoms with Crippen molar-refractivity contribution in [3.8, 4) is 0 Å². The van der Waals surface area contributed by atoms with E-state index >= 15 is 0 Å². The van der Waals surface area contributed by atoms with Gasteiger partial charge in [0.15, 0.2) is 0 Å². The number of carbonyl (C=O) groups excluding carboxylic acids is 2. The van der Waals surface area contributed by atoms with Gasteiger partial charge in [0.1, 0.15) is 5.76 Å². The predicted octanol–water partition coefficient (Wildman–Crippen LogP) is 3.54. The largest absolute Gasteiger partial charge is 0.467 e. The van der Waals surface area contributed by atoms with Crippen LogP contribution in [0.1, 0.15) is 77.9 Å². The number of hydrogen-bond acceptors (Lipinski definition) is 4. The minimum atomic E-state index is -0.678. The molecule has 0 unspecified atom stereocenters. The van der Waals surface area contributed by atoms with E-state index in [2.05, 4.69) is 24.5 Å². The Balaban J connectivity index is 1.49. The number of furan rings is 1. The molecule has 1 aromatic rings. The summed E-state index contributed by atoms with van der Waals surface area (Å²) in [6.07, 6.45) is 7.92. The fourth-order valence-electron chi connectivity index (χ4n) is 6.10. The van der Waals surface area contributed by atoms with Crippen LogP contribution in [0.2, 0.25) is 0 Å². The molecule has 3 aliphatic rings. The standard InChI is InChI=1S/C24H36N2O4/c1-22(2)14-19(26-21(28)16-6-7-16)24(11-10-23(3,29)13-18(22)24)9-8-20(27)25-15-17-5-4-12-30-17/h4-5,12,16,18-19,29H,6-11,13-15H2,1-3H3,(H,25,27)(H,26,28)/t18-,19-,23+,24+/m0/s1. The van der Waals surface area contributed by atoms with Gasteiger partial charge in [-0.3, -0.25) is 9.59 Å². The van der Waals surface area contributed by atoms with Crippen LogP contribution >= 0.6 is 0 Å². The number of rotatable bonds is 7. The van der Waals surface area contributed by atoms with Crippen LogP contribution in [0.15, 0.2) is 22.8 Å². The highest BCUT2D eigenvalue weighted by molar-refractivity contribution is 5.81.